The van der Waals surface area contributed by atoms with E-state index in [0.29, 0.717) is 12.0 Å². The highest BCUT2D eigenvalue weighted by Crippen LogP contribution is 2.41. The minimum Gasteiger partial charge on any atom is -0.322 e. The average Bonchev–Trinajstić information content (AvgIpc) is 2.90. The zero-order valence-electron chi connectivity index (χ0n) is 24.4. The molecule has 0 saturated heterocycles. The Morgan fingerprint density at radius 3 is 2.38 bits per heavy atom. The smallest absolute Gasteiger partial charge is 0.322 e. The molecule has 0 bridgehead atoms. The Balaban J connectivity index is 2.33. The number of halogens is 6. The third kappa shape index (κ3) is 10.7. The summed E-state index contributed by atoms with van der Waals surface area (Å²) in [6, 6.07) is 2.46. The van der Waals surface area contributed by atoms with Gasteiger partial charge in [-0.05, 0) is 73.8 Å². The summed E-state index contributed by atoms with van der Waals surface area (Å²) >= 11 is 0. The Morgan fingerprint density at radius 1 is 1.12 bits per heavy atom. The number of nitrogens with one attached hydrogen (secondary N) is 2. The lowest BCUT2D eigenvalue weighted by Gasteiger charge is -2.27. The van der Waals surface area contributed by atoms with E-state index in [2.05, 4.69) is 55.1 Å². The van der Waals surface area contributed by atoms with E-state index >= 15 is 0 Å². The average molecular weight is 614 g/mol. The molecule has 3 atom stereocenters. The molecule has 230 valence electrons. The lowest BCUT2D eigenvalue weighted by Crippen LogP contribution is -2.32. The quantitative estimate of drug-likeness (QED) is 0.113. The van der Waals surface area contributed by atoms with Crippen LogP contribution in [0.5, 0.6) is 0 Å². The molecule has 0 aliphatic carbocycles. The van der Waals surface area contributed by atoms with E-state index in [9.17, 15) is 31.1 Å². The first-order valence-corrected chi connectivity index (χ1v) is 14.7. The van der Waals surface area contributed by atoms with Crippen LogP contribution in [-0.4, -0.2) is 24.1 Å². The Kier molecular flexibility index (Phi) is 13.0. The minimum absolute atomic E-state index is 0.0705. The van der Waals surface area contributed by atoms with Crippen molar-refractivity contribution in [2.75, 3.05) is 5.32 Å². The second kappa shape index (κ2) is 15.5. The van der Waals surface area contributed by atoms with Gasteiger partial charge in [0.15, 0.2) is 0 Å². The molecule has 0 saturated carbocycles. The van der Waals surface area contributed by atoms with Gasteiger partial charge in [0.25, 0.3) is 5.91 Å². The molecule has 0 aromatic heterocycles. The van der Waals surface area contributed by atoms with Gasteiger partial charge in [-0.1, -0.05) is 60.6 Å². The van der Waals surface area contributed by atoms with Crippen LogP contribution >= 0.6 is 8.58 Å². The monoisotopic (exact) mass is 613 g/mol. The van der Waals surface area contributed by atoms with Gasteiger partial charge in [-0.25, -0.2) is 0 Å². The molecule has 2 rings (SSSR count). The van der Waals surface area contributed by atoms with Crippen LogP contribution in [0.2, 0.25) is 0 Å². The van der Waals surface area contributed by atoms with Crippen LogP contribution in [0.1, 0.15) is 71.0 Å². The van der Waals surface area contributed by atoms with Crippen molar-refractivity contribution in [1.82, 2.24) is 5.32 Å². The summed E-state index contributed by atoms with van der Waals surface area (Å²) in [6.45, 7) is 12.3. The van der Waals surface area contributed by atoms with Gasteiger partial charge in [-0.2, -0.15) is 26.3 Å². The third-order valence-corrected chi connectivity index (χ3v) is 7.68. The number of alkyl halides is 6. The number of anilines is 1. The van der Waals surface area contributed by atoms with Crippen molar-refractivity contribution in [1.29, 1.82) is 0 Å². The maximum Gasteiger partial charge on any atom is 0.416 e. The van der Waals surface area contributed by atoms with E-state index in [1.807, 2.05) is 0 Å². The van der Waals surface area contributed by atoms with Crippen molar-refractivity contribution in [3.05, 3.63) is 88.4 Å². The molecule has 1 aromatic carbocycles. The molecule has 1 aliphatic rings. The number of aliphatic imine (C=N–C) groups is 1. The van der Waals surface area contributed by atoms with E-state index in [1.54, 1.807) is 13.1 Å². The van der Waals surface area contributed by atoms with E-state index < -0.39 is 35.4 Å². The lowest BCUT2D eigenvalue weighted by atomic mass is 9.99. The molecule has 42 heavy (non-hydrogen) atoms. The number of allylic oxidation sites excluding steroid dienone is 6. The number of unbranched alkanes of at least 4 members (excludes halogenated alkanes) is 1. The van der Waals surface area contributed by atoms with Crippen LogP contribution in [0.25, 0.3) is 0 Å². The van der Waals surface area contributed by atoms with Crippen LogP contribution in [0.4, 0.5) is 32.0 Å². The molecular weight excluding hydrogens is 575 g/mol. The SMILES string of the molecule is C=C(/C=C\C(=C/C)C(=O)Nc1ccc(C(F)(F)F)c(C(C)NC2C=NC(=C/CCC)/C(=C/CC(C)C)P2)c1)C(F)(F)F. The van der Waals surface area contributed by atoms with Gasteiger partial charge in [0.1, 0.15) is 0 Å². The highest BCUT2D eigenvalue weighted by atomic mass is 31.1. The van der Waals surface area contributed by atoms with Crippen molar-refractivity contribution in [3.8, 4) is 0 Å². The first-order chi connectivity index (χ1) is 19.6. The Morgan fingerprint density at radius 2 is 1.81 bits per heavy atom. The predicted molar refractivity (Wildman–Crippen MR) is 161 cm³/mol. The van der Waals surface area contributed by atoms with Crippen molar-refractivity contribution >= 4 is 26.4 Å². The third-order valence-electron chi connectivity index (χ3n) is 6.28. The van der Waals surface area contributed by atoms with Crippen LogP contribution in [0.3, 0.4) is 0 Å². The first-order valence-electron chi connectivity index (χ1n) is 13.7. The summed E-state index contributed by atoms with van der Waals surface area (Å²) < 4.78 is 80.2. The lowest BCUT2D eigenvalue weighted by molar-refractivity contribution is -0.138. The summed E-state index contributed by atoms with van der Waals surface area (Å²) in [5.41, 5.74) is -1.23. The number of hydrogen-bond acceptors (Lipinski definition) is 3. The summed E-state index contributed by atoms with van der Waals surface area (Å²) in [5, 5.41) is 6.80. The number of amides is 1. The second-order valence-electron chi connectivity index (χ2n) is 10.3. The number of carbonyl (C=O) groups is 1. The van der Waals surface area contributed by atoms with E-state index in [0.717, 1.165) is 48.5 Å². The molecule has 1 heterocycles. The zero-order chi connectivity index (χ0) is 31.7. The number of hydrogen-bond donors (Lipinski definition) is 2. The molecule has 3 unspecified atom stereocenters. The fourth-order valence-electron chi connectivity index (χ4n) is 3.96. The van der Waals surface area contributed by atoms with Gasteiger partial charge in [0.2, 0.25) is 0 Å². The number of rotatable bonds is 11. The number of benzene rings is 1. The maximum absolute atomic E-state index is 14.0. The highest BCUT2D eigenvalue weighted by molar-refractivity contribution is 7.45. The normalized spacial score (nSPS) is 19.8. The molecule has 0 spiro atoms. The van der Waals surface area contributed by atoms with Gasteiger partial charge >= 0.3 is 12.4 Å². The second-order valence-corrected chi connectivity index (χ2v) is 11.7. The zero-order valence-corrected chi connectivity index (χ0v) is 25.4. The van der Waals surface area contributed by atoms with Gasteiger partial charge in [0.05, 0.1) is 17.0 Å². The van der Waals surface area contributed by atoms with Crippen LogP contribution in [-0.2, 0) is 11.0 Å². The molecular formula is C31H38F6N3OP. The number of carbonyl (C=O) groups excluding carboxylic acids is 1. The van der Waals surface area contributed by atoms with Gasteiger partial charge in [0, 0.05) is 29.1 Å². The van der Waals surface area contributed by atoms with E-state index in [1.165, 1.54) is 19.1 Å². The standard InChI is InChI=1S/C31H38F6N3OP/c1-7-9-10-26-27(16-11-19(3)4)42-28(18-38-26)39-21(6)24-17-23(14-15-25(24)31(35,36)37)40-29(41)22(8-2)13-12-20(5)30(32,33)34/h8,10,12-19,21,28,39,42H,5,7,9,11H2,1-4,6H3,(H,40,41)/b13-12-,22-8+,26-10+,27-16-. The molecule has 4 nitrogen and oxygen atoms in total. The molecule has 1 aromatic rings. The predicted octanol–water partition coefficient (Wildman–Crippen LogP) is 9.62. The highest BCUT2D eigenvalue weighted by Gasteiger charge is 2.35. The van der Waals surface area contributed by atoms with Gasteiger partial charge in [-0.15, -0.1) is 0 Å². The van der Waals surface area contributed by atoms with Crippen molar-refractivity contribution in [2.24, 2.45) is 10.9 Å². The fourth-order valence-corrected chi connectivity index (χ4v) is 5.32. The fraction of sp³-hybridized carbons (Fsp3) is 0.419. The van der Waals surface area contributed by atoms with E-state index in [-0.39, 0.29) is 31.2 Å². The van der Waals surface area contributed by atoms with Crippen LogP contribution < -0.4 is 10.6 Å². The molecule has 1 amide bonds. The van der Waals surface area contributed by atoms with Crippen LogP contribution in [0, 0.1) is 5.92 Å². The maximum atomic E-state index is 14.0. The largest absolute Gasteiger partial charge is 0.416 e. The summed E-state index contributed by atoms with van der Waals surface area (Å²) in [6.07, 6.45) is 2.27. The van der Waals surface area contributed by atoms with Crippen LogP contribution in [0.15, 0.2) is 82.3 Å². The number of nitrogens with zero attached hydrogens (tertiary/aromatic N) is 1. The Hall–Kier alpha value is -2.97. The van der Waals surface area contributed by atoms with E-state index in [4.69, 9.17) is 0 Å². The van der Waals surface area contributed by atoms with Gasteiger partial charge < -0.3 is 5.32 Å². The summed E-state index contributed by atoms with van der Waals surface area (Å²) in [5.74, 6) is -0.624. The molecule has 2 N–H and O–H groups in total. The van der Waals surface area contributed by atoms with Crippen molar-refractivity contribution in [3.63, 3.8) is 0 Å². The summed E-state index contributed by atoms with van der Waals surface area (Å²) in [7, 11) is 0.259. The summed E-state index contributed by atoms with van der Waals surface area (Å²) in [4.78, 5) is 17.3. The molecule has 0 radical (unpaired) electrons. The molecule has 0 fully saturated rings. The van der Waals surface area contributed by atoms with Gasteiger partial charge in [-0.3, -0.25) is 15.1 Å². The molecule has 1 aliphatic heterocycles. The molecule has 11 heteroatoms. The minimum atomic E-state index is -4.65. The Labute approximate surface area is 245 Å². The van der Waals surface area contributed by atoms with Crippen molar-refractivity contribution < 1.29 is 31.1 Å². The Bertz CT molecular complexity index is 1270. The topological polar surface area (TPSA) is 53.5 Å². The first kappa shape index (κ1) is 35.2. The van der Waals surface area contributed by atoms with Crippen molar-refractivity contribution in [2.45, 2.75) is 78.1 Å².